The van der Waals surface area contributed by atoms with Crippen molar-refractivity contribution in [1.29, 1.82) is 0 Å². The van der Waals surface area contributed by atoms with Crippen LogP contribution in [-0.4, -0.2) is 32.4 Å². The molecule has 2 aliphatic carbocycles. The number of phenolic OH excluding ortho intramolecular Hbond substituents is 2. The number of rotatable bonds is 10. The number of hydrogen-bond acceptors (Lipinski definition) is 4. The molecule has 2 saturated carbocycles. The fourth-order valence-electron chi connectivity index (χ4n) is 3.87. The fourth-order valence-corrected chi connectivity index (χ4v) is 3.87. The minimum Gasteiger partial charge on any atom is -0.508 e. The summed E-state index contributed by atoms with van der Waals surface area (Å²) < 4.78 is 0. The highest BCUT2D eigenvalue weighted by atomic mass is 16.4. The lowest BCUT2D eigenvalue weighted by Gasteiger charge is -2.15. The molecule has 2 fully saturated rings. The molecule has 4 N–H and O–H groups in total. The predicted molar refractivity (Wildman–Crippen MR) is 94.3 cm³/mol. The molecule has 1 aromatic carbocycles. The van der Waals surface area contributed by atoms with E-state index in [1.54, 1.807) is 6.07 Å². The zero-order valence-corrected chi connectivity index (χ0v) is 14.8. The van der Waals surface area contributed by atoms with Crippen LogP contribution in [0.3, 0.4) is 0 Å². The molecule has 142 valence electrons. The summed E-state index contributed by atoms with van der Waals surface area (Å²) >= 11 is 0. The number of hydrogen-bond donors (Lipinski definition) is 4. The highest BCUT2D eigenvalue weighted by Crippen LogP contribution is 2.51. The number of phenols is 2. The van der Waals surface area contributed by atoms with E-state index < -0.39 is 22.8 Å². The molecule has 3 rings (SSSR count). The van der Waals surface area contributed by atoms with Crippen molar-refractivity contribution in [1.82, 2.24) is 0 Å². The summed E-state index contributed by atoms with van der Waals surface area (Å²) in [6.45, 7) is 0. The summed E-state index contributed by atoms with van der Waals surface area (Å²) in [5, 5.41) is 38.5. The van der Waals surface area contributed by atoms with Crippen molar-refractivity contribution >= 4 is 11.9 Å². The average molecular weight is 362 g/mol. The molecule has 26 heavy (non-hydrogen) atoms. The smallest absolute Gasteiger partial charge is 0.309 e. The van der Waals surface area contributed by atoms with Gasteiger partial charge in [0, 0.05) is 6.07 Å². The lowest BCUT2D eigenvalue weighted by atomic mass is 9.91. The van der Waals surface area contributed by atoms with Gasteiger partial charge in [-0.25, -0.2) is 0 Å². The Hall–Kier alpha value is -2.24. The van der Waals surface area contributed by atoms with Crippen LogP contribution < -0.4 is 0 Å². The van der Waals surface area contributed by atoms with E-state index >= 15 is 0 Å². The van der Waals surface area contributed by atoms with E-state index in [4.69, 9.17) is 0 Å². The molecule has 0 bridgehead atoms. The summed E-state index contributed by atoms with van der Waals surface area (Å²) in [5.74, 6) is -1.46. The number of aromatic hydroxyl groups is 2. The van der Waals surface area contributed by atoms with Gasteiger partial charge in [0.2, 0.25) is 0 Å². The Kier molecular flexibility index (Phi) is 4.86. The van der Waals surface area contributed by atoms with E-state index in [2.05, 4.69) is 0 Å². The van der Waals surface area contributed by atoms with Gasteiger partial charge in [-0.2, -0.15) is 0 Å². The normalized spacial score (nSPS) is 19.1. The van der Waals surface area contributed by atoms with Gasteiger partial charge < -0.3 is 20.4 Å². The molecule has 0 aromatic heterocycles. The number of aryl methyl sites for hydroxylation is 1. The molecule has 0 unspecified atom stereocenters. The van der Waals surface area contributed by atoms with Crippen LogP contribution in [0.2, 0.25) is 0 Å². The van der Waals surface area contributed by atoms with Gasteiger partial charge in [-0.1, -0.05) is 0 Å². The van der Waals surface area contributed by atoms with Crippen LogP contribution in [-0.2, 0) is 22.4 Å². The minimum atomic E-state index is -0.740. The van der Waals surface area contributed by atoms with E-state index in [-0.39, 0.29) is 11.5 Å². The van der Waals surface area contributed by atoms with Crippen molar-refractivity contribution in [2.45, 2.75) is 64.2 Å². The Morgan fingerprint density at radius 3 is 1.81 bits per heavy atom. The molecular formula is C20H26O6. The van der Waals surface area contributed by atoms with Gasteiger partial charge in [0.1, 0.15) is 11.5 Å². The maximum absolute atomic E-state index is 11.3. The molecule has 0 atom stereocenters. The molecule has 6 heteroatoms. The van der Waals surface area contributed by atoms with Crippen molar-refractivity contribution in [3.63, 3.8) is 0 Å². The van der Waals surface area contributed by atoms with E-state index in [1.165, 1.54) is 6.07 Å². The van der Waals surface area contributed by atoms with E-state index in [0.717, 1.165) is 24.0 Å². The van der Waals surface area contributed by atoms with Crippen LogP contribution in [0.1, 0.15) is 62.5 Å². The predicted octanol–water partition coefficient (Wildman–Crippen LogP) is 3.47. The summed E-state index contributed by atoms with van der Waals surface area (Å²) in [7, 11) is 0. The Morgan fingerprint density at radius 1 is 0.846 bits per heavy atom. The topological polar surface area (TPSA) is 115 Å². The maximum atomic E-state index is 11.3. The number of carbonyl (C=O) groups is 2. The summed E-state index contributed by atoms with van der Waals surface area (Å²) in [6.07, 6.45) is 6.55. The van der Waals surface area contributed by atoms with E-state index in [9.17, 15) is 30.0 Å². The second-order valence-corrected chi connectivity index (χ2v) is 7.98. The average Bonchev–Trinajstić information content (AvgIpc) is 3.44. The highest BCUT2D eigenvalue weighted by Gasteiger charge is 2.50. The largest absolute Gasteiger partial charge is 0.508 e. The number of aliphatic carboxylic acids is 2. The van der Waals surface area contributed by atoms with Crippen molar-refractivity contribution < 1.29 is 30.0 Å². The van der Waals surface area contributed by atoms with Crippen LogP contribution in [0.25, 0.3) is 0 Å². The molecule has 1 aromatic rings. The lowest BCUT2D eigenvalue weighted by molar-refractivity contribution is -0.144. The molecule has 0 amide bonds. The summed E-state index contributed by atoms with van der Waals surface area (Å²) in [4.78, 5) is 22.5. The Balaban J connectivity index is 1.61. The molecule has 0 heterocycles. The van der Waals surface area contributed by atoms with Gasteiger partial charge in [-0.15, -0.1) is 0 Å². The Bertz CT molecular complexity index is 715. The third-order valence-electron chi connectivity index (χ3n) is 6.10. The zero-order chi connectivity index (χ0) is 18.9. The fraction of sp³-hybridized carbons (Fsp3) is 0.600. The number of benzene rings is 1. The van der Waals surface area contributed by atoms with Crippen molar-refractivity contribution in [3.05, 3.63) is 23.3 Å². The molecular weight excluding hydrogens is 336 g/mol. The third kappa shape index (κ3) is 3.79. The van der Waals surface area contributed by atoms with Crippen LogP contribution in [0.15, 0.2) is 12.1 Å². The highest BCUT2D eigenvalue weighted by molar-refractivity contribution is 5.78. The quantitative estimate of drug-likeness (QED) is 0.506. The molecule has 6 nitrogen and oxygen atoms in total. The van der Waals surface area contributed by atoms with Crippen molar-refractivity contribution in [3.8, 4) is 11.5 Å². The van der Waals surface area contributed by atoms with E-state index in [0.29, 0.717) is 51.4 Å². The van der Waals surface area contributed by atoms with Gasteiger partial charge >= 0.3 is 11.9 Å². The monoisotopic (exact) mass is 362 g/mol. The molecule has 0 radical (unpaired) electrons. The first-order chi connectivity index (χ1) is 12.3. The first-order valence-electron chi connectivity index (χ1n) is 9.29. The first kappa shape index (κ1) is 18.5. The van der Waals surface area contributed by atoms with Gasteiger partial charge in [0.25, 0.3) is 0 Å². The Labute approximate surface area is 152 Å². The molecule has 0 aliphatic heterocycles. The first-order valence-corrected chi connectivity index (χ1v) is 9.29. The third-order valence-corrected chi connectivity index (χ3v) is 6.10. The number of carboxylic acid groups (broad SMARTS) is 2. The summed E-state index contributed by atoms with van der Waals surface area (Å²) in [5.41, 5.74) is 0.416. The van der Waals surface area contributed by atoms with Crippen LogP contribution in [0, 0.1) is 10.8 Å². The summed E-state index contributed by atoms with van der Waals surface area (Å²) in [6, 6.07) is 2.93. The van der Waals surface area contributed by atoms with Crippen molar-refractivity contribution in [2.24, 2.45) is 10.8 Å². The van der Waals surface area contributed by atoms with Crippen LogP contribution >= 0.6 is 0 Å². The van der Waals surface area contributed by atoms with E-state index in [1.807, 2.05) is 0 Å². The number of carboxylic acids is 2. The Morgan fingerprint density at radius 2 is 1.35 bits per heavy atom. The van der Waals surface area contributed by atoms with Gasteiger partial charge in [-0.3, -0.25) is 9.59 Å². The SMILES string of the molecule is O=C(O)C1(CCCc2cc(O)cc(O)c2CCCC2(C(=O)O)CC2)CC1. The lowest BCUT2D eigenvalue weighted by Crippen LogP contribution is -2.15. The molecule has 0 spiro atoms. The van der Waals surface area contributed by atoms with Gasteiger partial charge in [0.05, 0.1) is 10.8 Å². The molecule has 2 aliphatic rings. The van der Waals surface area contributed by atoms with Crippen LogP contribution in [0.5, 0.6) is 11.5 Å². The van der Waals surface area contributed by atoms with Crippen LogP contribution in [0.4, 0.5) is 0 Å². The second-order valence-electron chi connectivity index (χ2n) is 7.98. The van der Waals surface area contributed by atoms with Crippen molar-refractivity contribution in [2.75, 3.05) is 0 Å². The van der Waals surface area contributed by atoms with Gasteiger partial charge in [-0.05, 0) is 81.4 Å². The maximum Gasteiger partial charge on any atom is 0.309 e. The standard InChI is InChI=1S/C20H26O6/c21-14-11-13(3-1-5-19(7-8-19)17(23)24)15(16(22)12-14)4-2-6-20(9-10-20)18(25)26/h11-12,21-22H,1-10H2,(H,23,24)(H,25,26). The zero-order valence-electron chi connectivity index (χ0n) is 14.8. The molecule has 0 saturated heterocycles. The second kappa shape index (κ2) is 6.82. The van der Waals surface area contributed by atoms with Gasteiger partial charge in [0.15, 0.2) is 0 Å². The minimum absolute atomic E-state index is 0.00943.